The van der Waals surface area contributed by atoms with Gasteiger partial charge in [0.15, 0.2) is 0 Å². The number of rotatable bonds is 7. The fraction of sp³-hybridized carbons (Fsp3) is 0.467. The second-order valence-corrected chi connectivity index (χ2v) is 8.24. The third-order valence-corrected chi connectivity index (χ3v) is 5.36. The first kappa shape index (κ1) is 15.5. The standard InChI is InChI=1S/C15H21NO2S2/c1-3-16-14(8-6-10-20(2,17)18)13-11-19-15-9-5-4-7-12(13)15/h4-5,7,9,11,14,16H,3,6,8,10H2,1-2H3. The molecule has 1 unspecified atom stereocenters. The molecule has 0 aliphatic rings. The lowest BCUT2D eigenvalue weighted by molar-refractivity contribution is 0.511. The smallest absolute Gasteiger partial charge is 0.147 e. The molecule has 1 N–H and O–H groups in total. The topological polar surface area (TPSA) is 46.2 Å². The van der Waals surface area contributed by atoms with E-state index in [2.05, 4.69) is 41.9 Å². The molecule has 0 spiro atoms. The molecule has 0 amide bonds. The van der Waals surface area contributed by atoms with Gasteiger partial charge in [-0.05, 0) is 41.8 Å². The van der Waals surface area contributed by atoms with Crippen LogP contribution >= 0.6 is 11.3 Å². The Morgan fingerprint density at radius 1 is 1.30 bits per heavy atom. The van der Waals surface area contributed by atoms with Gasteiger partial charge in [-0.25, -0.2) is 8.42 Å². The van der Waals surface area contributed by atoms with Crippen molar-refractivity contribution in [2.45, 2.75) is 25.8 Å². The van der Waals surface area contributed by atoms with Crippen molar-refractivity contribution in [3.05, 3.63) is 35.2 Å². The molecule has 0 fully saturated rings. The highest BCUT2D eigenvalue weighted by Crippen LogP contribution is 2.32. The fourth-order valence-electron chi connectivity index (χ4n) is 2.43. The van der Waals surface area contributed by atoms with Crippen molar-refractivity contribution in [3.63, 3.8) is 0 Å². The van der Waals surface area contributed by atoms with Crippen LogP contribution in [-0.4, -0.2) is 27.0 Å². The van der Waals surface area contributed by atoms with Crippen molar-refractivity contribution in [3.8, 4) is 0 Å². The van der Waals surface area contributed by atoms with Gasteiger partial charge in [0.1, 0.15) is 9.84 Å². The number of sulfone groups is 1. The Hall–Kier alpha value is -0.910. The molecule has 0 aliphatic heterocycles. The average Bonchev–Trinajstić information content (AvgIpc) is 2.80. The SMILES string of the molecule is CCNC(CCCS(C)(=O)=O)c1csc2ccccc12. The van der Waals surface area contributed by atoms with Crippen LogP contribution in [0.5, 0.6) is 0 Å². The van der Waals surface area contributed by atoms with E-state index in [0.29, 0.717) is 6.42 Å². The highest BCUT2D eigenvalue weighted by Gasteiger charge is 2.15. The molecular formula is C15H21NO2S2. The van der Waals surface area contributed by atoms with Gasteiger partial charge in [0.25, 0.3) is 0 Å². The normalized spacial score (nSPS) is 13.7. The minimum Gasteiger partial charge on any atom is -0.310 e. The molecule has 2 rings (SSSR count). The quantitative estimate of drug-likeness (QED) is 0.852. The predicted molar refractivity (Wildman–Crippen MR) is 87.2 cm³/mol. The van der Waals surface area contributed by atoms with E-state index >= 15 is 0 Å². The monoisotopic (exact) mass is 311 g/mol. The minimum absolute atomic E-state index is 0.234. The van der Waals surface area contributed by atoms with Crippen LogP contribution in [0.25, 0.3) is 10.1 Å². The largest absolute Gasteiger partial charge is 0.310 e. The van der Waals surface area contributed by atoms with Gasteiger partial charge in [0.05, 0.1) is 0 Å². The van der Waals surface area contributed by atoms with Crippen molar-refractivity contribution in [2.24, 2.45) is 0 Å². The number of thiophene rings is 1. The van der Waals surface area contributed by atoms with E-state index in [1.54, 1.807) is 11.3 Å². The molecule has 0 bridgehead atoms. The second-order valence-electron chi connectivity index (χ2n) is 5.07. The van der Waals surface area contributed by atoms with E-state index in [0.717, 1.165) is 13.0 Å². The highest BCUT2D eigenvalue weighted by atomic mass is 32.2. The first-order chi connectivity index (χ1) is 9.51. The molecule has 0 saturated carbocycles. The van der Waals surface area contributed by atoms with Gasteiger partial charge >= 0.3 is 0 Å². The number of benzene rings is 1. The van der Waals surface area contributed by atoms with Gasteiger partial charge in [-0.2, -0.15) is 0 Å². The van der Waals surface area contributed by atoms with Crippen LogP contribution in [-0.2, 0) is 9.84 Å². The number of hydrogen-bond acceptors (Lipinski definition) is 4. The van der Waals surface area contributed by atoms with Crippen molar-refractivity contribution in [2.75, 3.05) is 18.6 Å². The molecule has 1 atom stereocenters. The molecule has 110 valence electrons. The Morgan fingerprint density at radius 3 is 2.75 bits per heavy atom. The zero-order valence-electron chi connectivity index (χ0n) is 11.9. The van der Waals surface area contributed by atoms with E-state index in [-0.39, 0.29) is 11.8 Å². The molecule has 2 aromatic rings. The zero-order valence-corrected chi connectivity index (χ0v) is 13.6. The fourth-order valence-corrected chi connectivity index (χ4v) is 4.14. The summed E-state index contributed by atoms with van der Waals surface area (Å²) < 4.78 is 23.8. The first-order valence-corrected chi connectivity index (χ1v) is 9.82. The summed E-state index contributed by atoms with van der Waals surface area (Å²) in [5.74, 6) is 0.261. The third kappa shape index (κ3) is 4.04. The van der Waals surface area contributed by atoms with Crippen LogP contribution in [0.1, 0.15) is 31.4 Å². The molecule has 0 radical (unpaired) electrons. The summed E-state index contributed by atoms with van der Waals surface area (Å²) >= 11 is 1.75. The lowest BCUT2D eigenvalue weighted by Gasteiger charge is -2.17. The lowest BCUT2D eigenvalue weighted by atomic mass is 10.0. The molecular weight excluding hydrogens is 290 g/mol. The third-order valence-electron chi connectivity index (χ3n) is 3.34. The lowest BCUT2D eigenvalue weighted by Crippen LogP contribution is -2.21. The van der Waals surface area contributed by atoms with E-state index in [4.69, 9.17) is 0 Å². The van der Waals surface area contributed by atoms with Gasteiger partial charge in [0.2, 0.25) is 0 Å². The number of nitrogens with one attached hydrogen (secondary N) is 1. The van der Waals surface area contributed by atoms with Crippen LogP contribution in [0.15, 0.2) is 29.6 Å². The second kappa shape index (κ2) is 6.70. The predicted octanol–water partition coefficient (Wildman–Crippen LogP) is 3.38. The molecule has 5 heteroatoms. The Labute approximate surface area is 124 Å². The summed E-state index contributed by atoms with van der Waals surface area (Å²) in [6.45, 7) is 2.96. The first-order valence-electron chi connectivity index (χ1n) is 6.88. The summed E-state index contributed by atoms with van der Waals surface area (Å²) in [5, 5.41) is 6.95. The van der Waals surface area contributed by atoms with Gasteiger partial charge in [-0.1, -0.05) is 25.1 Å². The summed E-state index contributed by atoms with van der Waals surface area (Å²) in [7, 11) is -2.87. The molecule has 0 saturated heterocycles. The maximum Gasteiger partial charge on any atom is 0.147 e. The Bertz CT molecular complexity index is 661. The summed E-state index contributed by atoms with van der Waals surface area (Å²) in [5.41, 5.74) is 1.29. The van der Waals surface area contributed by atoms with Crippen LogP contribution in [0.4, 0.5) is 0 Å². The van der Waals surface area contributed by atoms with Crippen molar-refractivity contribution < 1.29 is 8.42 Å². The Morgan fingerprint density at radius 2 is 2.05 bits per heavy atom. The average molecular weight is 311 g/mol. The number of hydrogen-bond donors (Lipinski definition) is 1. The molecule has 3 nitrogen and oxygen atoms in total. The van der Waals surface area contributed by atoms with Gasteiger partial charge in [-0.15, -0.1) is 11.3 Å². The van der Waals surface area contributed by atoms with E-state index in [1.165, 1.54) is 21.9 Å². The molecule has 1 aromatic carbocycles. The maximum absolute atomic E-state index is 11.3. The van der Waals surface area contributed by atoms with Crippen LogP contribution < -0.4 is 5.32 Å². The van der Waals surface area contributed by atoms with E-state index < -0.39 is 9.84 Å². The highest BCUT2D eigenvalue weighted by molar-refractivity contribution is 7.90. The van der Waals surface area contributed by atoms with Crippen LogP contribution in [0, 0.1) is 0 Å². The molecule has 20 heavy (non-hydrogen) atoms. The van der Waals surface area contributed by atoms with Crippen LogP contribution in [0.2, 0.25) is 0 Å². The van der Waals surface area contributed by atoms with Gasteiger partial charge in [0, 0.05) is 22.8 Å². The molecule has 1 heterocycles. The van der Waals surface area contributed by atoms with Gasteiger partial charge in [-0.3, -0.25) is 0 Å². The van der Waals surface area contributed by atoms with Crippen molar-refractivity contribution in [1.82, 2.24) is 5.32 Å². The van der Waals surface area contributed by atoms with Gasteiger partial charge < -0.3 is 5.32 Å². The summed E-state index contributed by atoms with van der Waals surface area (Å²) in [6, 6.07) is 8.61. The van der Waals surface area contributed by atoms with E-state index in [9.17, 15) is 8.42 Å². The Kier molecular flexibility index (Phi) is 5.18. The Balaban J connectivity index is 2.15. The van der Waals surface area contributed by atoms with E-state index in [1.807, 2.05) is 0 Å². The summed E-state index contributed by atoms with van der Waals surface area (Å²) in [6.07, 6.45) is 2.84. The molecule has 1 aromatic heterocycles. The molecule has 0 aliphatic carbocycles. The summed E-state index contributed by atoms with van der Waals surface area (Å²) in [4.78, 5) is 0. The maximum atomic E-state index is 11.3. The minimum atomic E-state index is -2.87. The zero-order chi connectivity index (χ0) is 14.6. The number of fused-ring (bicyclic) bond motifs is 1. The van der Waals surface area contributed by atoms with Crippen LogP contribution in [0.3, 0.4) is 0 Å². The van der Waals surface area contributed by atoms with Crippen molar-refractivity contribution in [1.29, 1.82) is 0 Å². The van der Waals surface area contributed by atoms with Crippen molar-refractivity contribution >= 4 is 31.3 Å².